The normalized spacial score (nSPS) is 29.3. The van der Waals surface area contributed by atoms with E-state index in [0.717, 1.165) is 13.1 Å². The maximum atomic E-state index is 12.8. The van der Waals surface area contributed by atoms with Crippen molar-refractivity contribution in [3.8, 4) is 0 Å². The molecule has 3 heteroatoms. The average molecular weight is 308 g/mol. The summed E-state index contributed by atoms with van der Waals surface area (Å²) in [6.45, 7) is 8.37. The van der Waals surface area contributed by atoms with Crippen molar-refractivity contribution < 1.29 is 4.79 Å². The number of hydrogen-bond acceptors (Lipinski definition) is 2. The number of piperidine rings is 1. The Labute approximate surface area is 137 Å². The summed E-state index contributed by atoms with van der Waals surface area (Å²) in [5.41, 5.74) is 0.968. The molecule has 3 unspecified atom stereocenters. The maximum absolute atomic E-state index is 12.8. The highest BCUT2D eigenvalue weighted by Crippen LogP contribution is 2.60. The van der Waals surface area contributed by atoms with Crippen LogP contribution in [0, 0.1) is 17.3 Å². The number of fused-ring (bicyclic) bond motifs is 2. The third-order valence-electron chi connectivity index (χ3n) is 5.90. The number of rotatable bonds is 3. The Morgan fingerprint density at radius 2 is 1.96 bits per heavy atom. The lowest BCUT2D eigenvalue weighted by molar-refractivity contribution is -0.125. The Hall–Kier alpha value is -1.87. The number of carbonyl (C=O) groups is 1. The number of carbonyl (C=O) groups excluding carboxylic acids is 1. The fraction of sp³-hybridized carbons (Fsp3) is 0.450. The van der Waals surface area contributed by atoms with Crippen molar-refractivity contribution in [2.45, 2.75) is 26.3 Å². The van der Waals surface area contributed by atoms with Gasteiger partial charge in [-0.2, -0.15) is 0 Å². The molecule has 2 aromatic carbocycles. The van der Waals surface area contributed by atoms with Crippen LogP contribution in [0.15, 0.2) is 42.5 Å². The second-order valence-electron chi connectivity index (χ2n) is 7.86. The van der Waals surface area contributed by atoms with Crippen LogP contribution in [0.4, 0.5) is 0 Å². The second kappa shape index (κ2) is 4.81. The summed E-state index contributed by atoms with van der Waals surface area (Å²) in [7, 11) is 0. The molecule has 1 saturated carbocycles. The van der Waals surface area contributed by atoms with E-state index >= 15 is 0 Å². The van der Waals surface area contributed by atoms with Crippen LogP contribution in [-0.2, 0) is 10.3 Å². The van der Waals surface area contributed by atoms with E-state index in [1.165, 1.54) is 16.3 Å². The summed E-state index contributed by atoms with van der Waals surface area (Å²) in [5.74, 6) is 0.876. The summed E-state index contributed by atoms with van der Waals surface area (Å²) < 4.78 is 0. The lowest BCUT2D eigenvalue weighted by Gasteiger charge is -2.29. The van der Waals surface area contributed by atoms with Gasteiger partial charge in [0.15, 0.2) is 0 Å². The molecule has 4 rings (SSSR count). The molecule has 1 heterocycles. The zero-order valence-electron chi connectivity index (χ0n) is 14.0. The minimum Gasteiger partial charge on any atom is -0.347 e. The quantitative estimate of drug-likeness (QED) is 0.915. The summed E-state index contributed by atoms with van der Waals surface area (Å²) in [4.78, 5) is 12.8. The number of amides is 1. The molecule has 1 amide bonds. The third-order valence-corrected chi connectivity index (χ3v) is 5.90. The number of benzene rings is 2. The lowest BCUT2D eigenvalue weighted by atomic mass is 9.89. The Bertz CT molecular complexity index is 777. The zero-order chi connectivity index (χ0) is 16.2. The van der Waals surface area contributed by atoms with Crippen LogP contribution in [0.1, 0.15) is 26.3 Å². The molecule has 1 saturated heterocycles. The van der Waals surface area contributed by atoms with Gasteiger partial charge < -0.3 is 10.6 Å². The van der Waals surface area contributed by atoms with Crippen molar-refractivity contribution in [3.05, 3.63) is 48.0 Å². The minimum absolute atomic E-state index is 0.165. The largest absolute Gasteiger partial charge is 0.347 e. The molecule has 23 heavy (non-hydrogen) atoms. The van der Waals surface area contributed by atoms with Crippen molar-refractivity contribution in [2.24, 2.45) is 17.3 Å². The van der Waals surface area contributed by atoms with E-state index in [0.29, 0.717) is 5.92 Å². The highest BCUT2D eigenvalue weighted by atomic mass is 16.2. The van der Waals surface area contributed by atoms with Crippen LogP contribution >= 0.6 is 0 Å². The van der Waals surface area contributed by atoms with E-state index < -0.39 is 0 Å². The molecular formula is C20H24N2O. The van der Waals surface area contributed by atoms with Gasteiger partial charge in [0.25, 0.3) is 0 Å². The van der Waals surface area contributed by atoms with Gasteiger partial charge in [0.2, 0.25) is 5.91 Å². The van der Waals surface area contributed by atoms with Crippen molar-refractivity contribution in [1.29, 1.82) is 0 Å². The first-order valence-corrected chi connectivity index (χ1v) is 8.44. The standard InChI is InChI=1S/C20H24N2O/c1-19(2,15-10-6-8-13-7-4-5-9-14(13)15)22-18(23)17-16-11-21-12-20(16,17)3/h4-10,16-17,21H,11-12H2,1-3H3,(H,22,23). The molecule has 0 spiro atoms. The van der Waals surface area contributed by atoms with Gasteiger partial charge in [-0.3, -0.25) is 4.79 Å². The molecule has 2 fully saturated rings. The van der Waals surface area contributed by atoms with E-state index in [1.54, 1.807) is 0 Å². The Balaban J connectivity index is 1.61. The maximum Gasteiger partial charge on any atom is 0.224 e. The third kappa shape index (κ3) is 2.18. The number of nitrogens with one attached hydrogen (secondary N) is 2. The molecule has 3 nitrogen and oxygen atoms in total. The van der Waals surface area contributed by atoms with Crippen LogP contribution in [0.5, 0.6) is 0 Å². The fourth-order valence-corrected chi connectivity index (χ4v) is 4.46. The van der Waals surface area contributed by atoms with Crippen molar-refractivity contribution in [3.63, 3.8) is 0 Å². The first-order chi connectivity index (χ1) is 10.9. The summed E-state index contributed by atoms with van der Waals surface area (Å²) >= 11 is 0. The van der Waals surface area contributed by atoms with Crippen LogP contribution in [0.25, 0.3) is 10.8 Å². The number of hydrogen-bond donors (Lipinski definition) is 2. The Kier molecular flexibility index (Phi) is 3.08. The van der Waals surface area contributed by atoms with Gasteiger partial charge in [-0.15, -0.1) is 0 Å². The summed E-state index contributed by atoms with van der Waals surface area (Å²) in [6, 6.07) is 14.7. The van der Waals surface area contributed by atoms with E-state index in [2.05, 4.69) is 73.9 Å². The molecule has 1 aliphatic heterocycles. The van der Waals surface area contributed by atoms with Gasteiger partial charge in [-0.25, -0.2) is 0 Å². The molecule has 120 valence electrons. The van der Waals surface area contributed by atoms with Crippen LogP contribution < -0.4 is 10.6 Å². The Morgan fingerprint density at radius 1 is 1.22 bits per heavy atom. The molecule has 2 N–H and O–H groups in total. The fourth-order valence-electron chi connectivity index (χ4n) is 4.46. The zero-order valence-corrected chi connectivity index (χ0v) is 14.0. The van der Waals surface area contributed by atoms with Gasteiger partial charge in [-0.1, -0.05) is 49.4 Å². The first-order valence-electron chi connectivity index (χ1n) is 8.44. The molecule has 2 aliphatic rings. The van der Waals surface area contributed by atoms with E-state index in [-0.39, 0.29) is 22.8 Å². The van der Waals surface area contributed by atoms with Crippen molar-refractivity contribution in [1.82, 2.24) is 10.6 Å². The van der Waals surface area contributed by atoms with Crippen molar-refractivity contribution in [2.75, 3.05) is 13.1 Å². The van der Waals surface area contributed by atoms with E-state index in [4.69, 9.17) is 0 Å². The molecule has 2 aromatic rings. The molecule has 0 aromatic heterocycles. The van der Waals surface area contributed by atoms with E-state index in [1.807, 2.05) is 0 Å². The Morgan fingerprint density at radius 3 is 2.70 bits per heavy atom. The SMILES string of the molecule is CC(C)(NC(=O)C1C2CNCC21C)c1cccc2ccccc12. The molecule has 3 atom stereocenters. The monoisotopic (exact) mass is 308 g/mol. The van der Waals surface area contributed by atoms with Crippen LogP contribution in [-0.4, -0.2) is 19.0 Å². The lowest BCUT2D eigenvalue weighted by Crippen LogP contribution is -2.43. The van der Waals surface area contributed by atoms with Gasteiger partial charge in [0, 0.05) is 12.5 Å². The predicted octanol–water partition coefficient (Wildman–Crippen LogP) is 3.05. The first kappa shape index (κ1) is 14.7. The van der Waals surface area contributed by atoms with E-state index in [9.17, 15) is 4.79 Å². The van der Waals surface area contributed by atoms with Gasteiger partial charge in [0.1, 0.15) is 0 Å². The second-order valence-corrected chi connectivity index (χ2v) is 7.86. The topological polar surface area (TPSA) is 41.1 Å². The molecule has 1 aliphatic carbocycles. The van der Waals surface area contributed by atoms with Gasteiger partial charge in [0.05, 0.1) is 5.54 Å². The minimum atomic E-state index is -0.376. The summed E-state index contributed by atoms with van der Waals surface area (Å²) in [5, 5.41) is 9.13. The predicted molar refractivity (Wildman–Crippen MR) is 93.1 cm³/mol. The molecular weight excluding hydrogens is 284 g/mol. The van der Waals surface area contributed by atoms with Crippen LogP contribution in [0.2, 0.25) is 0 Å². The van der Waals surface area contributed by atoms with Crippen LogP contribution in [0.3, 0.4) is 0 Å². The smallest absolute Gasteiger partial charge is 0.224 e. The molecule has 0 bridgehead atoms. The van der Waals surface area contributed by atoms with Gasteiger partial charge in [-0.05, 0) is 48.1 Å². The average Bonchev–Trinajstić information content (AvgIpc) is 2.92. The van der Waals surface area contributed by atoms with Gasteiger partial charge >= 0.3 is 0 Å². The highest BCUT2D eigenvalue weighted by Gasteiger charge is 2.67. The highest BCUT2D eigenvalue weighted by molar-refractivity contribution is 5.89. The van der Waals surface area contributed by atoms with Crippen molar-refractivity contribution >= 4 is 16.7 Å². The summed E-state index contributed by atoms with van der Waals surface area (Å²) in [6.07, 6.45) is 0. The molecule has 0 radical (unpaired) electrons.